The fraction of sp³-hybridized carbons (Fsp3) is 0.947. The monoisotopic (exact) mass is 267 g/mol. The molecule has 0 amide bonds. The molecule has 0 aromatic carbocycles. The summed E-state index contributed by atoms with van der Waals surface area (Å²) in [5.41, 5.74) is 0. The van der Waals surface area contributed by atoms with Crippen molar-refractivity contribution in [2.45, 2.75) is 110 Å². The quantitative estimate of drug-likeness (QED) is 0.272. The first-order valence-corrected chi connectivity index (χ1v) is 9.10. The maximum Gasteiger partial charge on any atom is -0.0443 e. The first-order valence-electron chi connectivity index (χ1n) is 9.10. The summed E-state index contributed by atoms with van der Waals surface area (Å²) in [4.78, 5) is 0. The Balaban J connectivity index is 3.07. The molecular formula is C19H39. The second kappa shape index (κ2) is 16.1. The topological polar surface area (TPSA) is 0 Å². The van der Waals surface area contributed by atoms with Crippen LogP contribution >= 0.6 is 0 Å². The standard InChI is InChI=1S/C19H39/c1-4-6-8-10-11-12-13-14-16-18-19(3)17-15-9-7-5-2/h19H,2,4-18H2,1,3H3. The van der Waals surface area contributed by atoms with Gasteiger partial charge in [-0.2, -0.15) is 0 Å². The van der Waals surface area contributed by atoms with Gasteiger partial charge in [-0.1, -0.05) is 117 Å². The third-order valence-corrected chi connectivity index (χ3v) is 4.25. The van der Waals surface area contributed by atoms with Crippen molar-refractivity contribution in [1.82, 2.24) is 0 Å². The highest BCUT2D eigenvalue weighted by molar-refractivity contribution is 4.56. The molecule has 0 saturated carbocycles. The van der Waals surface area contributed by atoms with Crippen molar-refractivity contribution >= 4 is 0 Å². The van der Waals surface area contributed by atoms with E-state index < -0.39 is 0 Å². The van der Waals surface area contributed by atoms with Gasteiger partial charge in [0.1, 0.15) is 0 Å². The highest BCUT2D eigenvalue weighted by atomic mass is 14.1. The molecule has 0 rings (SSSR count). The van der Waals surface area contributed by atoms with E-state index >= 15 is 0 Å². The lowest BCUT2D eigenvalue weighted by Gasteiger charge is -2.10. The molecule has 0 aromatic heterocycles. The molecule has 0 nitrogen and oxygen atoms in total. The Morgan fingerprint density at radius 2 is 1.05 bits per heavy atom. The van der Waals surface area contributed by atoms with Gasteiger partial charge in [0.05, 0.1) is 0 Å². The Morgan fingerprint density at radius 3 is 1.53 bits per heavy atom. The first kappa shape index (κ1) is 19.0. The van der Waals surface area contributed by atoms with Gasteiger partial charge in [-0.15, -0.1) is 0 Å². The third-order valence-electron chi connectivity index (χ3n) is 4.25. The number of hydrogen-bond donors (Lipinski definition) is 0. The zero-order valence-corrected chi connectivity index (χ0v) is 13.9. The van der Waals surface area contributed by atoms with Crippen LogP contribution in [0.15, 0.2) is 0 Å². The minimum absolute atomic E-state index is 0.953. The number of rotatable bonds is 15. The van der Waals surface area contributed by atoms with Crippen molar-refractivity contribution in [3.05, 3.63) is 6.92 Å². The van der Waals surface area contributed by atoms with Crippen LogP contribution in [0.1, 0.15) is 110 Å². The predicted molar refractivity (Wildman–Crippen MR) is 89.5 cm³/mol. The van der Waals surface area contributed by atoms with Gasteiger partial charge in [-0.3, -0.25) is 0 Å². The van der Waals surface area contributed by atoms with E-state index in [1.54, 1.807) is 0 Å². The van der Waals surface area contributed by atoms with Gasteiger partial charge in [0.15, 0.2) is 0 Å². The molecular weight excluding hydrogens is 228 g/mol. The van der Waals surface area contributed by atoms with Gasteiger partial charge in [0, 0.05) is 0 Å². The highest BCUT2D eigenvalue weighted by Crippen LogP contribution is 2.18. The van der Waals surface area contributed by atoms with Crippen LogP contribution in [0.4, 0.5) is 0 Å². The zero-order chi connectivity index (χ0) is 14.2. The van der Waals surface area contributed by atoms with Crippen LogP contribution in [-0.2, 0) is 0 Å². The van der Waals surface area contributed by atoms with Crippen LogP contribution in [-0.4, -0.2) is 0 Å². The van der Waals surface area contributed by atoms with Gasteiger partial charge in [0.25, 0.3) is 0 Å². The summed E-state index contributed by atoms with van der Waals surface area (Å²) >= 11 is 0. The Labute approximate surface area is 123 Å². The minimum atomic E-state index is 0.953. The van der Waals surface area contributed by atoms with Crippen molar-refractivity contribution in [2.24, 2.45) is 5.92 Å². The largest absolute Gasteiger partial charge is 0.0654 e. The lowest BCUT2D eigenvalue weighted by molar-refractivity contribution is 0.434. The summed E-state index contributed by atoms with van der Waals surface area (Å²) in [6, 6.07) is 0. The maximum absolute atomic E-state index is 3.90. The summed E-state index contributed by atoms with van der Waals surface area (Å²) in [5, 5.41) is 0. The van der Waals surface area contributed by atoms with E-state index in [0.29, 0.717) is 0 Å². The Kier molecular flexibility index (Phi) is 16.1. The van der Waals surface area contributed by atoms with Gasteiger partial charge >= 0.3 is 0 Å². The molecule has 1 atom stereocenters. The van der Waals surface area contributed by atoms with E-state index in [1.807, 2.05) is 0 Å². The van der Waals surface area contributed by atoms with E-state index in [9.17, 15) is 0 Å². The molecule has 1 unspecified atom stereocenters. The minimum Gasteiger partial charge on any atom is -0.0654 e. The number of hydrogen-bond acceptors (Lipinski definition) is 0. The lowest BCUT2D eigenvalue weighted by Crippen LogP contribution is -1.95. The molecule has 0 N–H and O–H groups in total. The van der Waals surface area contributed by atoms with Crippen LogP contribution in [0.25, 0.3) is 0 Å². The van der Waals surface area contributed by atoms with Gasteiger partial charge in [0.2, 0.25) is 0 Å². The molecule has 0 spiro atoms. The van der Waals surface area contributed by atoms with E-state index in [4.69, 9.17) is 0 Å². The summed E-state index contributed by atoms with van der Waals surface area (Å²) in [6.07, 6.45) is 21.2. The van der Waals surface area contributed by atoms with Crippen LogP contribution in [0.3, 0.4) is 0 Å². The second-order valence-electron chi connectivity index (χ2n) is 6.43. The molecule has 0 saturated heterocycles. The van der Waals surface area contributed by atoms with E-state index in [2.05, 4.69) is 20.8 Å². The van der Waals surface area contributed by atoms with Crippen LogP contribution in [0, 0.1) is 12.8 Å². The van der Waals surface area contributed by atoms with Crippen LogP contribution in [0.5, 0.6) is 0 Å². The van der Waals surface area contributed by atoms with E-state index in [1.165, 1.54) is 89.9 Å². The fourth-order valence-electron chi connectivity index (χ4n) is 2.79. The third kappa shape index (κ3) is 15.9. The normalized spacial score (nSPS) is 12.8. The molecule has 0 fully saturated rings. The molecule has 1 radical (unpaired) electrons. The Bertz CT molecular complexity index is 150. The molecule has 0 heteroatoms. The van der Waals surface area contributed by atoms with Crippen molar-refractivity contribution in [1.29, 1.82) is 0 Å². The molecule has 0 heterocycles. The fourth-order valence-corrected chi connectivity index (χ4v) is 2.79. The molecule has 0 bridgehead atoms. The molecule has 0 aliphatic heterocycles. The predicted octanol–water partition coefficient (Wildman–Crippen LogP) is 7.33. The maximum atomic E-state index is 3.90. The molecule has 0 aliphatic carbocycles. The molecule has 0 aliphatic rings. The van der Waals surface area contributed by atoms with Crippen molar-refractivity contribution in [3.63, 3.8) is 0 Å². The SMILES string of the molecule is [CH2]CCCCCC(C)CCCCCCCCCCC. The van der Waals surface area contributed by atoms with Crippen LogP contribution < -0.4 is 0 Å². The zero-order valence-electron chi connectivity index (χ0n) is 13.9. The smallest absolute Gasteiger partial charge is 0.0443 e. The summed E-state index contributed by atoms with van der Waals surface area (Å²) in [5.74, 6) is 0.953. The van der Waals surface area contributed by atoms with Crippen molar-refractivity contribution in [2.75, 3.05) is 0 Å². The van der Waals surface area contributed by atoms with E-state index in [0.717, 1.165) is 12.3 Å². The van der Waals surface area contributed by atoms with Gasteiger partial charge < -0.3 is 0 Å². The van der Waals surface area contributed by atoms with Gasteiger partial charge in [-0.05, 0) is 5.92 Å². The highest BCUT2D eigenvalue weighted by Gasteiger charge is 2.01. The average Bonchev–Trinajstić information content (AvgIpc) is 2.42. The van der Waals surface area contributed by atoms with Gasteiger partial charge in [-0.25, -0.2) is 0 Å². The second-order valence-corrected chi connectivity index (χ2v) is 6.43. The number of unbranched alkanes of at least 4 members (excludes halogenated alkanes) is 11. The first-order chi connectivity index (χ1) is 9.31. The summed E-state index contributed by atoms with van der Waals surface area (Å²) < 4.78 is 0. The van der Waals surface area contributed by atoms with Crippen molar-refractivity contribution < 1.29 is 0 Å². The average molecular weight is 268 g/mol. The van der Waals surface area contributed by atoms with E-state index in [-0.39, 0.29) is 0 Å². The Morgan fingerprint density at radius 1 is 0.632 bits per heavy atom. The Hall–Kier alpha value is 0. The lowest BCUT2D eigenvalue weighted by atomic mass is 9.96. The molecule has 115 valence electrons. The summed E-state index contributed by atoms with van der Waals surface area (Å²) in [6.45, 7) is 8.64. The van der Waals surface area contributed by atoms with Crippen molar-refractivity contribution in [3.8, 4) is 0 Å². The molecule has 19 heavy (non-hydrogen) atoms. The molecule has 0 aromatic rings. The summed E-state index contributed by atoms with van der Waals surface area (Å²) in [7, 11) is 0. The van der Waals surface area contributed by atoms with Crippen LogP contribution in [0.2, 0.25) is 0 Å².